The number of methoxy groups -OCH3 is 2. The van der Waals surface area contributed by atoms with Crippen molar-refractivity contribution < 1.29 is 23.8 Å². The van der Waals surface area contributed by atoms with E-state index in [-0.39, 0.29) is 6.54 Å². The molecule has 6 nitrogen and oxygen atoms in total. The average Bonchev–Trinajstić information content (AvgIpc) is 2.49. The summed E-state index contributed by atoms with van der Waals surface area (Å²) in [5.74, 6) is 0.202. The van der Waals surface area contributed by atoms with E-state index >= 15 is 0 Å². The molecule has 6 heteroatoms. The third kappa shape index (κ3) is 6.86. The van der Waals surface area contributed by atoms with E-state index in [1.54, 1.807) is 52.2 Å². The SMILES string of the molecule is COC(=O)/C=C/c1ccc(OC)cc1CNC(=O)OC(C)(C)C. The van der Waals surface area contributed by atoms with Crippen LogP contribution >= 0.6 is 0 Å². The second-order valence-electron chi connectivity index (χ2n) is 5.78. The van der Waals surface area contributed by atoms with Crippen LogP contribution in [0.4, 0.5) is 4.79 Å². The van der Waals surface area contributed by atoms with E-state index in [1.165, 1.54) is 13.2 Å². The highest BCUT2D eigenvalue weighted by atomic mass is 16.6. The zero-order chi connectivity index (χ0) is 17.5. The number of amides is 1. The van der Waals surface area contributed by atoms with Gasteiger partial charge in [-0.1, -0.05) is 6.07 Å². The second-order valence-corrected chi connectivity index (χ2v) is 5.78. The van der Waals surface area contributed by atoms with Gasteiger partial charge in [-0.2, -0.15) is 0 Å². The minimum Gasteiger partial charge on any atom is -0.497 e. The van der Waals surface area contributed by atoms with E-state index < -0.39 is 17.7 Å². The molecule has 0 unspecified atom stereocenters. The number of esters is 1. The Morgan fingerprint density at radius 2 is 1.91 bits per heavy atom. The maximum Gasteiger partial charge on any atom is 0.407 e. The third-order valence-corrected chi connectivity index (χ3v) is 2.77. The molecule has 0 saturated heterocycles. The van der Waals surface area contributed by atoms with Crippen LogP contribution in [-0.2, 0) is 20.8 Å². The van der Waals surface area contributed by atoms with Gasteiger partial charge in [0, 0.05) is 12.6 Å². The Labute approximate surface area is 136 Å². The lowest BCUT2D eigenvalue weighted by Gasteiger charge is -2.20. The number of hydrogen-bond acceptors (Lipinski definition) is 5. The Kier molecular flexibility index (Phi) is 6.63. The lowest BCUT2D eigenvalue weighted by Crippen LogP contribution is -2.32. The van der Waals surface area contributed by atoms with Gasteiger partial charge in [0.1, 0.15) is 11.4 Å². The standard InChI is InChI=1S/C17H23NO5/c1-17(2,3)23-16(20)18-11-13-10-14(21-4)8-6-12(13)7-9-15(19)22-5/h6-10H,11H2,1-5H3,(H,18,20)/b9-7+. The first-order valence-corrected chi connectivity index (χ1v) is 7.15. The number of ether oxygens (including phenoxy) is 3. The molecule has 1 rings (SSSR count). The molecule has 0 fully saturated rings. The van der Waals surface area contributed by atoms with Crippen LogP contribution in [0, 0.1) is 0 Å². The summed E-state index contributed by atoms with van der Waals surface area (Å²) in [4.78, 5) is 23.0. The van der Waals surface area contributed by atoms with Crippen LogP contribution < -0.4 is 10.1 Å². The van der Waals surface area contributed by atoms with Gasteiger partial charge in [0.25, 0.3) is 0 Å². The van der Waals surface area contributed by atoms with E-state index in [0.29, 0.717) is 5.75 Å². The molecule has 1 amide bonds. The third-order valence-electron chi connectivity index (χ3n) is 2.77. The Hall–Kier alpha value is -2.50. The summed E-state index contributed by atoms with van der Waals surface area (Å²) in [5, 5.41) is 2.68. The average molecular weight is 321 g/mol. The van der Waals surface area contributed by atoms with Crippen molar-refractivity contribution in [1.29, 1.82) is 0 Å². The number of rotatable bonds is 5. The molecule has 0 saturated carbocycles. The molecule has 0 bridgehead atoms. The fourth-order valence-electron chi connectivity index (χ4n) is 1.73. The molecule has 0 atom stereocenters. The fourth-order valence-corrected chi connectivity index (χ4v) is 1.73. The molecule has 23 heavy (non-hydrogen) atoms. The number of carbonyl (C=O) groups excluding carboxylic acids is 2. The van der Waals surface area contributed by atoms with Crippen molar-refractivity contribution in [3.63, 3.8) is 0 Å². The fraction of sp³-hybridized carbons (Fsp3) is 0.412. The van der Waals surface area contributed by atoms with Crippen LogP contribution in [0.2, 0.25) is 0 Å². The largest absolute Gasteiger partial charge is 0.497 e. The van der Waals surface area contributed by atoms with Gasteiger partial charge in [0.15, 0.2) is 0 Å². The van der Waals surface area contributed by atoms with Crippen molar-refractivity contribution in [2.24, 2.45) is 0 Å². The first-order valence-electron chi connectivity index (χ1n) is 7.15. The van der Waals surface area contributed by atoms with Crippen molar-refractivity contribution in [3.05, 3.63) is 35.4 Å². The lowest BCUT2D eigenvalue weighted by molar-refractivity contribution is -0.134. The van der Waals surface area contributed by atoms with Crippen LogP contribution in [0.15, 0.2) is 24.3 Å². The number of benzene rings is 1. The Morgan fingerprint density at radius 1 is 1.22 bits per heavy atom. The molecular formula is C17H23NO5. The van der Waals surface area contributed by atoms with Gasteiger partial charge in [-0.3, -0.25) is 0 Å². The monoisotopic (exact) mass is 321 g/mol. The van der Waals surface area contributed by atoms with Crippen molar-refractivity contribution >= 4 is 18.1 Å². The zero-order valence-corrected chi connectivity index (χ0v) is 14.1. The highest BCUT2D eigenvalue weighted by Gasteiger charge is 2.16. The molecule has 0 aliphatic heterocycles. The van der Waals surface area contributed by atoms with Gasteiger partial charge in [-0.05, 0) is 50.1 Å². The van der Waals surface area contributed by atoms with Crippen molar-refractivity contribution in [1.82, 2.24) is 5.32 Å². The first kappa shape index (κ1) is 18.5. The Morgan fingerprint density at radius 3 is 2.48 bits per heavy atom. The van der Waals surface area contributed by atoms with E-state index in [2.05, 4.69) is 10.1 Å². The van der Waals surface area contributed by atoms with Crippen LogP contribution in [-0.4, -0.2) is 31.9 Å². The Bertz CT molecular complexity index is 587. The molecule has 0 aromatic heterocycles. The minimum atomic E-state index is -0.563. The highest BCUT2D eigenvalue weighted by molar-refractivity contribution is 5.87. The first-order chi connectivity index (χ1) is 10.7. The van der Waals surface area contributed by atoms with E-state index in [9.17, 15) is 9.59 Å². The predicted molar refractivity (Wildman–Crippen MR) is 87.1 cm³/mol. The maximum atomic E-state index is 11.8. The molecule has 1 aromatic carbocycles. The van der Waals surface area contributed by atoms with Crippen molar-refractivity contribution in [2.45, 2.75) is 32.9 Å². The van der Waals surface area contributed by atoms with Crippen LogP contribution in [0.3, 0.4) is 0 Å². The summed E-state index contributed by atoms with van der Waals surface area (Å²) >= 11 is 0. The second kappa shape index (κ2) is 8.22. The van der Waals surface area contributed by atoms with E-state index in [4.69, 9.17) is 9.47 Å². The summed E-state index contributed by atoms with van der Waals surface area (Å²) in [7, 11) is 2.87. The molecule has 0 aliphatic rings. The maximum absolute atomic E-state index is 11.8. The molecule has 1 N–H and O–H groups in total. The predicted octanol–water partition coefficient (Wildman–Crippen LogP) is 2.91. The van der Waals surface area contributed by atoms with Gasteiger partial charge >= 0.3 is 12.1 Å². The van der Waals surface area contributed by atoms with Crippen LogP contribution in [0.25, 0.3) is 6.08 Å². The molecular weight excluding hydrogens is 298 g/mol. The summed E-state index contributed by atoms with van der Waals surface area (Å²) < 4.78 is 15.0. The highest BCUT2D eigenvalue weighted by Crippen LogP contribution is 2.19. The van der Waals surface area contributed by atoms with Gasteiger partial charge in [-0.25, -0.2) is 9.59 Å². The number of hydrogen-bond donors (Lipinski definition) is 1. The minimum absolute atomic E-state index is 0.243. The number of nitrogens with one attached hydrogen (secondary N) is 1. The van der Waals surface area contributed by atoms with Crippen LogP contribution in [0.5, 0.6) is 5.75 Å². The molecule has 0 aliphatic carbocycles. The summed E-state index contributed by atoms with van der Waals surface area (Å²) in [5.41, 5.74) is 0.995. The van der Waals surface area contributed by atoms with Gasteiger partial charge < -0.3 is 19.5 Å². The van der Waals surface area contributed by atoms with Gasteiger partial charge in [-0.15, -0.1) is 0 Å². The molecule has 126 valence electrons. The molecule has 0 radical (unpaired) electrons. The molecule has 0 heterocycles. The van der Waals surface area contributed by atoms with Crippen molar-refractivity contribution in [2.75, 3.05) is 14.2 Å². The van der Waals surface area contributed by atoms with Gasteiger partial charge in [0.2, 0.25) is 0 Å². The van der Waals surface area contributed by atoms with Crippen molar-refractivity contribution in [3.8, 4) is 5.75 Å². The number of alkyl carbamates (subject to hydrolysis) is 1. The zero-order valence-electron chi connectivity index (χ0n) is 14.1. The Balaban J connectivity index is 2.87. The summed E-state index contributed by atoms with van der Waals surface area (Å²) in [6.45, 7) is 5.63. The number of carbonyl (C=O) groups is 2. The lowest BCUT2D eigenvalue weighted by atomic mass is 10.1. The summed E-state index contributed by atoms with van der Waals surface area (Å²) in [6, 6.07) is 5.35. The molecule has 1 aromatic rings. The quantitative estimate of drug-likeness (QED) is 0.667. The van der Waals surface area contributed by atoms with E-state index in [1.807, 2.05) is 0 Å². The van der Waals surface area contributed by atoms with Gasteiger partial charge in [0.05, 0.1) is 14.2 Å². The summed E-state index contributed by atoms with van der Waals surface area (Å²) in [6.07, 6.45) is 2.43. The topological polar surface area (TPSA) is 73.9 Å². The smallest absolute Gasteiger partial charge is 0.407 e. The molecule has 0 spiro atoms. The van der Waals surface area contributed by atoms with Crippen LogP contribution in [0.1, 0.15) is 31.9 Å². The van der Waals surface area contributed by atoms with E-state index in [0.717, 1.165) is 11.1 Å². The normalized spacial score (nSPS) is 11.2.